The number of benzene rings is 2. The van der Waals surface area contributed by atoms with Crippen LogP contribution in [0.1, 0.15) is 5.56 Å². The van der Waals surface area contributed by atoms with Crippen molar-refractivity contribution >= 4 is 57.6 Å². The molecule has 0 aliphatic rings. The van der Waals surface area contributed by atoms with Gasteiger partial charge in [-0.25, -0.2) is 16.8 Å². The Hall–Kier alpha value is -2.44. The summed E-state index contributed by atoms with van der Waals surface area (Å²) in [7, 11) is -18.7. The molecule has 0 radical (unpaired) electrons. The molecule has 232 valence electrons. The summed E-state index contributed by atoms with van der Waals surface area (Å²) in [6.07, 6.45) is 1.03. The van der Waals surface area contributed by atoms with Crippen molar-refractivity contribution in [2.45, 2.75) is 11.8 Å². The lowest BCUT2D eigenvalue weighted by Gasteiger charge is -2.38. The van der Waals surface area contributed by atoms with Gasteiger partial charge in [-0.1, -0.05) is 0 Å². The van der Waals surface area contributed by atoms with Crippen LogP contribution in [-0.2, 0) is 53.1 Å². The number of hydrogen-bond acceptors (Lipinski definition) is 13. The maximum atomic E-state index is 13.0. The number of hydrogen-bond donors (Lipinski definition) is 4. The van der Waals surface area contributed by atoms with Gasteiger partial charge in [-0.3, -0.25) is 18.2 Å². The van der Waals surface area contributed by atoms with Gasteiger partial charge >= 0.3 is 31.2 Å². The molecule has 0 heterocycles. The normalized spacial score (nSPS) is 14.1. The lowest BCUT2D eigenvalue weighted by Crippen LogP contribution is -2.37. The van der Waals surface area contributed by atoms with Crippen molar-refractivity contribution in [3.05, 3.63) is 48.0 Å². The molecule has 2 aromatic carbocycles. The minimum Gasteiger partial charge on any atom is -0.367 e. The molecule has 0 atom stereocenters. The fourth-order valence-corrected chi connectivity index (χ4v) is 5.77. The van der Waals surface area contributed by atoms with Gasteiger partial charge in [-0.2, -0.15) is 44.8 Å². The molecule has 0 saturated carbocycles. The summed E-state index contributed by atoms with van der Waals surface area (Å²) in [5, 5.41) is 8.22. The van der Waals surface area contributed by atoms with E-state index in [1.165, 1.54) is 29.2 Å². The second-order valence-electron chi connectivity index (χ2n) is 8.59. The van der Waals surface area contributed by atoms with Crippen LogP contribution < -0.4 is 4.90 Å². The Balaban J connectivity index is 2.17. The molecular formula is C20H29N3O14S4. The highest BCUT2D eigenvalue weighted by Crippen LogP contribution is 2.32. The molecule has 0 fully saturated rings. The second kappa shape index (κ2) is 13.2. The summed E-state index contributed by atoms with van der Waals surface area (Å²) >= 11 is 0. The van der Waals surface area contributed by atoms with Crippen molar-refractivity contribution in [1.29, 1.82) is 0 Å². The second-order valence-corrected chi connectivity index (χ2v) is 15.7. The lowest BCUT2D eigenvalue weighted by molar-refractivity contribution is 0.261. The number of aryl methyl sites for hydroxylation is 1. The van der Waals surface area contributed by atoms with Crippen molar-refractivity contribution in [3.8, 4) is 0 Å². The van der Waals surface area contributed by atoms with Crippen molar-refractivity contribution < 1.29 is 60.2 Å². The van der Waals surface area contributed by atoms with Gasteiger partial charge in [0.15, 0.2) is 0 Å². The Labute approximate surface area is 237 Å². The van der Waals surface area contributed by atoms with Crippen molar-refractivity contribution in [3.63, 3.8) is 0 Å². The molecule has 0 saturated heterocycles. The Morgan fingerprint density at radius 3 is 1.73 bits per heavy atom. The first-order valence-corrected chi connectivity index (χ1v) is 17.8. The average molecular weight is 664 g/mol. The molecule has 41 heavy (non-hydrogen) atoms. The molecule has 2 rings (SSSR count). The van der Waals surface area contributed by atoms with Crippen LogP contribution in [0, 0.1) is 6.92 Å². The number of anilines is 1. The van der Waals surface area contributed by atoms with Crippen molar-refractivity contribution in [2.24, 2.45) is 10.2 Å². The van der Waals surface area contributed by atoms with E-state index in [-0.39, 0.29) is 18.0 Å². The van der Waals surface area contributed by atoms with Crippen LogP contribution in [0.4, 0.5) is 17.1 Å². The molecule has 0 spiro atoms. The lowest BCUT2D eigenvalue weighted by atomic mass is 10.1. The van der Waals surface area contributed by atoms with Gasteiger partial charge in [0.1, 0.15) is 0 Å². The van der Waals surface area contributed by atoms with E-state index >= 15 is 0 Å². The summed E-state index contributed by atoms with van der Waals surface area (Å²) in [6, 6.07) is 10.2. The topological polar surface area (TPSA) is 256 Å². The molecule has 2 aromatic rings. The Kier molecular flexibility index (Phi) is 11.2. The predicted molar refractivity (Wildman–Crippen MR) is 146 cm³/mol. The van der Waals surface area contributed by atoms with Gasteiger partial charge in [0.2, 0.25) is 0 Å². The Morgan fingerprint density at radius 1 is 0.780 bits per heavy atom. The van der Waals surface area contributed by atoms with Gasteiger partial charge < -0.3 is 4.90 Å². The minimum absolute atomic E-state index is 0.0172. The summed E-state index contributed by atoms with van der Waals surface area (Å²) < 4.78 is 127. The molecule has 17 nitrogen and oxygen atoms in total. The van der Waals surface area contributed by atoms with Gasteiger partial charge in [0.05, 0.1) is 41.8 Å². The smallest absolute Gasteiger partial charge is 0.367 e. The standard InChI is InChI=1S/C20H29N3O14S4/c1-16-15-18(23(9-11-35-38(24,25)26)10-12-36-39(27,28)29)5-8-20(16)22-21-17-3-6-19(7-4-17)41(2,33,34)14-13-37-40(30,31)32/h3-8,15H,9-14H2,1-2H3,(H,33,34)(H,24,25,26)(H,27,28,29)(H,30,31,32). The zero-order chi connectivity index (χ0) is 31.1. The highest BCUT2D eigenvalue weighted by atomic mass is 32.3. The SMILES string of the molecule is Cc1cc(N(CCOS(=O)(=O)O)CCOS(=O)(=O)O)ccc1N=Nc1ccc(S(C)(=O)(O)CCOS(=O)(=O)O)cc1. The summed E-state index contributed by atoms with van der Waals surface area (Å²) in [5.74, 6) is -0.593. The van der Waals surface area contributed by atoms with E-state index in [0.29, 0.717) is 22.6 Å². The number of azo groups is 1. The third-order valence-electron chi connectivity index (χ3n) is 5.24. The maximum absolute atomic E-state index is 13.0. The maximum Gasteiger partial charge on any atom is 0.397 e. The Bertz CT molecular complexity index is 1600. The molecule has 0 aliphatic heterocycles. The molecule has 21 heteroatoms. The van der Waals surface area contributed by atoms with E-state index in [1.807, 2.05) is 0 Å². The van der Waals surface area contributed by atoms with Crippen LogP contribution in [-0.4, -0.2) is 92.6 Å². The summed E-state index contributed by atoms with van der Waals surface area (Å²) in [5.41, 5.74) is 1.77. The van der Waals surface area contributed by atoms with Crippen LogP contribution in [0.3, 0.4) is 0 Å². The molecule has 0 bridgehead atoms. The molecule has 0 aliphatic carbocycles. The van der Waals surface area contributed by atoms with E-state index in [4.69, 9.17) is 13.7 Å². The number of nitrogens with zero attached hydrogens (tertiary/aromatic N) is 3. The molecule has 4 N–H and O–H groups in total. The highest BCUT2D eigenvalue weighted by molar-refractivity contribution is 8.14. The minimum atomic E-state index is -4.76. The van der Waals surface area contributed by atoms with Crippen LogP contribution >= 0.6 is 0 Å². The zero-order valence-corrected chi connectivity index (χ0v) is 24.9. The van der Waals surface area contributed by atoms with Crippen molar-refractivity contribution in [2.75, 3.05) is 49.8 Å². The Morgan fingerprint density at radius 2 is 1.27 bits per heavy atom. The first-order valence-electron chi connectivity index (χ1n) is 11.2. The first kappa shape index (κ1) is 34.8. The predicted octanol–water partition coefficient (Wildman–Crippen LogP) is 1.96. The fraction of sp³-hybridized carbons (Fsp3) is 0.400. The van der Waals surface area contributed by atoms with E-state index < -0.39 is 66.1 Å². The summed E-state index contributed by atoms with van der Waals surface area (Å²) in [4.78, 5) is 1.45. The number of rotatable bonds is 16. The quantitative estimate of drug-likeness (QED) is 0.148. The van der Waals surface area contributed by atoms with Crippen molar-refractivity contribution in [1.82, 2.24) is 0 Å². The first-order chi connectivity index (χ1) is 18.6. The van der Waals surface area contributed by atoms with Gasteiger partial charge in [0, 0.05) is 25.0 Å². The average Bonchev–Trinajstić information content (AvgIpc) is 2.80. The monoisotopic (exact) mass is 663 g/mol. The van der Waals surface area contributed by atoms with E-state index in [1.54, 1.807) is 25.1 Å². The molecule has 0 unspecified atom stereocenters. The van der Waals surface area contributed by atoms with Crippen LogP contribution in [0.5, 0.6) is 0 Å². The van der Waals surface area contributed by atoms with Gasteiger partial charge in [0.25, 0.3) is 0 Å². The van der Waals surface area contributed by atoms with Gasteiger partial charge in [-0.15, -0.1) is 0 Å². The van der Waals surface area contributed by atoms with E-state index in [2.05, 4.69) is 22.8 Å². The summed E-state index contributed by atoms with van der Waals surface area (Å²) in [6.45, 7) is -0.223. The molecule has 0 amide bonds. The third-order valence-corrected chi connectivity index (χ3v) is 9.24. The third kappa shape index (κ3) is 13.0. The van der Waals surface area contributed by atoms with Crippen LogP contribution in [0.2, 0.25) is 0 Å². The van der Waals surface area contributed by atoms with Crippen LogP contribution in [0.25, 0.3) is 0 Å². The largest absolute Gasteiger partial charge is 0.397 e. The highest BCUT2D eigenvalue weighted by Gasteiger charge is 2.25. The molecular weight excluding hydrogens is 634 g/mol. The fourth-order valence-electron chi connectivity index (χ4n) is 3.25. The van der Waals surface area contributed by atoms with E-state index in [0.717, 1.165) is 6.26 Å². The van der Waals surface area contributed by atoms with Gasteiger partial charge in [-0.05, 0) is 55.0 Å². The van der Waals surface area contributed by atoms with Crippen LogP contribution in [0.15, 0.2) is 57.6 Å². The zero-order valence-electron chi connectivity index (χ0n) is 21.6. The molecule has 0 aromatic heterocycles. The van der Waals surface area contributed by atoms with E-state index in [9.17, 15) is 34.0 Å².